The van der Waals surface area contributed by atoms with Crippen molar-refractivity contribution < 1.29 is 19.5 Å². The normalized spacial score (nSPS) is 18.1. The van der Waals surface area contributed by atoms with Gasteiger partial charge < -0.3 is 10.4 Å². The molecule has 2 aliphatic rings. The molecule has 3 rings (SSSR count). The number of benzene rings is 1. The van der Waals surface area contributed by atoms with Crippen molar-refractivity contribution in [2.45, 2.75) is 25.7 Å². The maximum Gasteiger partial charge on any atom is 0.350 e. The van der Waals surface area contributed by atoms with E-state index in [9.17, 15) is 19.5 Å². The number of phenolic OH excluding ortho intramolecular Hbond substituents is 1. The van der Waals surface area contributed by atoms with Crippen LogP contribution in [0.1, 0.15) is 25.7 Å². The fraction of sp³-hybridized carbons (Fsp3) is 0.300. The smallest absolute Gasteiger partial charge is 0.350 e. The van der Waals surface area contributed by atoms with Crippen LogP contribution in [0.5, 0.6) is 5.75 Å². The van der Waals surface area contributed by atoms with Crippen molar-refractivity contribution in [3.8, 4) is 5.75 Å². The molecule has 4 amide bonds. The molecule has 0 aromatic heterocycles. The molecular formula is C20H20ClN3O4. The Balaban J connectivity index is 1.42. The van der Waals surface area contributed by atoms with Crippen molar-refractivity contribution >= 4 is 40.8 Å². The Morgan fingerprint density at radius 3 is 2.86 bits per heavy atom. The summed E-state index contributed by atoms with van der Waals surface area (Å²) in [5.74, 6) is -1.04. The second-order valence-electron chi connectivity index (χ2n) is 6.55. The van der Waals surface area contributed by atoms with Crippen LogP contribution in [-0.2, 0) is 9.59 Å². The molecule has 0 spiro atoms. The molecule has 1 unspecified atom stereocenters. The average molecular weight is 402 g/mol. The van der Waals surface area contributed by atoms with E-state index in [2.05, 4.69) is 10.3 Å². The van der Waals surface area contributed by atoms with Crippen LogP contribution >= 0.6 is 11.6 Å². The summed E-state index contributed by atoms with van der Waals surface area (Å²) in [7, 11) is 0. The van der Waals surface area contributed by atoms with Crippen molar-refractivity contribution in [3.05, 3.63) is 47.5 Å². The monoisotopic (exact) mass is 401 g/mol. The maximum atomic E-state index is 12.4. The molecule has 1 aliphatic heterocycles. The van der Waals surface area contributed by atoms with Gasteiger partial charge >= 0.3 is 6.03 Å². The van der Waals surface area contributed by atoms with E-state index in [0.29, 0.717) is 30.0 Å². The zero-order valence-corrected chi connectivity index (χ0v) is 15.9. The molecule has 8 heteroatoms. The van der Waals surface area contributed by atoms with Crippen molar-refractivity contribution in [1.29, 1.82) is 0 Å². The largest absolute Gasteiger partial charge is 0.506 e. The molecule has 7 nitrogen and oxygen atoms in total. The van der Waals surface area contributed by atoms with Crippen LogP contribution in [0.2, 0.25) is 5.02 Å². The van der Waals surface area contributed by atoms with E-state index in [1.54, 1.807) is 24.3 Å². The summed E-state index contributed by atoms with van der Waals surface area (Å²) < 4.78 is 0. The quantitative estimate of drug-likeness (QED) is 0.537. The Morgan fingerprint density at radius 2 is 2.04 bits per heavy atom. The lowest BCUT2D eigenvalue weighted by Crippen LogP contribution is -2.46. The number of allylic oxidation sites excluding steroid dienone is 3. The molecule has 0 bridgehead atoms. The number of carbonyl (C=O) groups is 3. The third-order valence-corrected chi connectivity index (χ3v) is 4.74. The van der Waals surface area contributed by atoms with Crippen molar-refractivity contribution in [1.82, 2.24) is 4.90 Å². The molecule has 1 aromatic carbocycles. The number of halogens is 1. The predicted molar refractivity (Wildman–Crippen MR) is 107 cm³/mol. The maximum absolute atomic E-state index is 12.4. The summed E-state index contributed by atoms with van der Waals surface area (Å²) in [5.41, 5.74) is 0.750. The van der Waals surface area contributed by atoms with E-state index in [1.165, 1.54) is 23.1 Å². The first kappa shape index (κ1) is 19.8. The van der Waals surface area contributed by atoms with Crippen LogP contribution in [-0.4, -0.2) is 40.1 Å². The highest BCUT2D eigenvalue weighted by atomic mass is 35.5. The number of urea groups is 1. The van der Waals surface area contributed by atoms with Gasteiger partial charge in [-0.25, -0.2) is 4.79 Å². The highest BCUT2D eigenvalue weighted by Gasteiger charge is 2.35. The Morgan fingerprint density at radius 1 is 1.21 bits per heavy atom. The fourth-order valence-corrected chi connectivity index (χ4v) is 3.21. The number of aliphatic imine (C=N–C) groups is 1. The summed E-state index contributed by atoms with van der Waals surface area (Å²) in [4.78, 5) is 41.6. The number of amides is 4. The van der Waals surface area contributed by atoms with Crippen molar-refractivity contribution in [2.24, 2.45) is 10.9 Å². The van der Waals surface area contributed by atoms with Gasteiger partial charge in [0.15, 0.2) is 0 Å². The molecule has 0 radical (unpaired) electrons. The summed E-state index contributed by atoms with van der Waals surface area (Å²) >= 11 is 5.85. The number of aromatic hydroxyl groups is 1. The number of carbonyl (C=O) groups excluding carboxylic acids is 3. The Bertz CT molecular complexity index is 891. The number of phenols is 1. The first-order chi connectivity index (χ1) is 13.5. The van der Waals surface area contributed by atoms with Crippen LogP contribution < -0.4 is 5.32 Å². The lowest BCUT2D eigenvalue weighted by Gasteiger charge is -2.28. The number of fused-ring (bicyclic) bond motifs is 1. The summed E-state index contributed by atoms with van der Waals surface area (Å²) in [6.45, 7) is 0.277. The Labute approximate surface area is 167 Å². The Hall–Kier alpha value is -2.93. The molecule has 1 aliphatic carbocycles. The van der Waals surface area contributed by atoms with Gasteiger partial charge in [-0.2, -0.15) is 4.99 Å². The average Bonchev–Trinajstić information content (AvgIpc) is 2.66. The standard InChI is InChI=1S/C20H20ClN3O4/c21-13-9-10-17(25)16(12-13)22-18(26)8-2-1-5-11-24-19(27)14-6-3-4-7-15(14)23-20(24)28/h3-4,6-7,9-10,12,14,25H,1-2,5,8,11H2,(H,22,26). The van der Waals surface area contributed by atoms with Gasteiger partial charge in [0.25, 0.3) is 0 Å². The van der Waals surface area contributed by atoms with Gasteiger partial charge in [0.1, 0.15) is 5.75 Å². The van der Waals surface area contributed by atoms with E-state index in [4.69, 9.17) is 11.6 Å². The number of hydrogen-bond donors (Lipinski definition) is 2. The summed E-state index contributed by atoms with van der Waals surface area (Å²) in [5, 5.41) is 12.7. The number of nitrogens with zero attached hydrogens (tertiary/aromatic N) is 2. The predicted octanol–water partition coefficient (Wildman–Crippen LogP) is 3.69. The van der Waals surface area contributed by atoms with Crippen LogP contribution in [0.4, 0.5) is 10.5 Å². The Kier molecular flexibility index (Phi) is 6.26. The summed E-state index contributed by atoms with van der Waals surface area (Å²) in [6.07, 6.45) is 9.03. The van der Waals surface area contributed by atoms with Crippen molar-refractivity contribution in [3.63, 3.8) is 0 Å². The zero-order valence-electron chi connectivity index (χ0n) is 15.1. The van der Waals surface area contributed by atoms with Gasteiger partial charge in [0.05, 0.1) is 17.3 Å². The first-order valence-electron chi connectivity index (χ1n) is 9.03. The number of hydrogen-bond acceptors (Lipinski definition) is 4. The molecule has 1 aromatic rings. The molecular weight excluding hydrogens is 382 g/mol. The molecule has 2 N–H and O–H groups in total. The van der Waals surface area contributed by atoms with E-state index >= 15 is 0 Å². The number of anilines is 1. The molecule has 0 saturated heterocycles. The molecule has 0 saturated carbocycles. The third kappa shape index (κ3) is 4.67. The SMILES string of the molecule is O=C(CCCCCN1C(=O)N=C2C=CC=CC2C1=O)Nc1cc(Cl)ccc1O. The molecule has 0 fully saturated rings. The molecule has 28 heavy (non-hydrogen) atoms. The van der Waals surface area contributed by atoms with Crippen LogP contribution in [0.3, 0.4) is 0 Å². The minimum absolute atomic E-state index is 0.0496. The lowest BCUT2D eigenvalue weighted by molar-refractivity contribution is -0.129. The van der Waals surface area contributed by atoms with Crippen molar-refractivity contribution in [2.75, 3.05) is 11.9 Å². The second kappa shape index (κ2) is 8.84. The molecule has 1 atom stereocenters. The number of nitrogens with one attached hydrogen (secondary N) is 1. The second-order valence-corrected chi connectivity index (χ2v) is 6.99. The van der Waals surface area contributed by atoms with E-state index < -0.39 is 11.9 Å². The lowest BCUT2D eigenvalue weighted by atomic mass is 9.95. The minimum atomic E-state index is -0.537. The van der Waals surface area contributed by atoms with Gasteiger partial charge in [-0.3, -0.25) is 14.5 Å². The fourth-order valence-electron chi connectivity index (χ4n) is 3.04. The zero-order chi connectivity index (χ0) is 20.1. The number of imide groups is 1. The molecule has 146 valence electrons. The van der Waals surface area contributed by atoms with Gasteiger partial charge in [0, 0.05) is 18.0 Å². The molecule has 1 heterocycles. The first-order valence-corrected chi connectivity index (χ1v) is 9.40. The van der Waals surface area contributed by atoms with Gasteiger partial charge in [0.2, 0.25) is 11.8 Å². The van der Waals surface area contributed by atoms with Crippen LogP contribution in [0.15, 0.2) is 47.5 Å². The van der Waals surface area contributed by atoms with E-state index in [0.717, 1.165) is 0 Å². The van der Waals surface area contributed by atoms with E-state index in [-0.39, 0.29) is 36.2 Å². The van der Waals surface area contributed by atoms with Crippen LogP contribution in [0.25, 0.3) is 0 Å². The summed E-state index contributed by atoms with van der Waals surface area (Å²) in [6, 6.07) is 3.88. The highest BCUT2D eigenvalue weighted by molar-refractivity contribution is 6.31. The van der Waals surface area contributed by atoms with Gasteiger partial charge in [-0.05, 0) is 37.1 Å². The minimum Gasteiger partial charge on any atom is -0.506 e. The third-order valence-electron chi connectivity index (χ3n) is 4.51. The van der Waals surface area contributed by atoms with E-state index in [1.807, 2.05) is 0 Å². The number of rotatable bonds is 7. The van der Waals surface area contributed by atoms with Crippen LogP contribution in [0, 0.1) is 5.92 Å². The number of unbranched alkanes of at least 4 members (excludes halogenated alkanes) is 2. The highest BCUT2D eigenvalue weighted by Crippen LogP contribution is 2.26. The van der Waals surface area contributed by atoms with Gasteiger partial charge in [-0.15, -0.1) is 0 Å². The topological polar surface area (TPSA) is 99.1 Å². The van der Waals surface area contributed by atoms with Gasteiger partial charge in [-0.1, -0.05) is 36.2 Å².